The molecule has 3 heterocycles. The lowest BCUT2D eigenvalue weighted by atomic mass is 10.1. The lowest BCUT2D eigenvalue weighted by molar-refractivity contribution is -0.120. The smallest absolute Gasteiger partial charge is 0.291 e. The number of carbonyl (C=O) groups is 2. The molecule has 1 aliphatic rings. The summed E-state index contributed by atoms with van der Waals surface area (Å²) in [5.41, 5.74) is 1.66. The molecule has 2 amide bonds. The van der Waals surface area contributed by atoms with E-state index in [-0.39, 0.29) is 29.7 Å². The number of hydrogen-bond donors (Lipinski definition) is 1. The van der Waals surface area contributed by atoms with Gasteiger partial charge in [-0.2, -0.15) is 0 Å². The highest BCUT2D eigenvalue weighted by atomic mass is 19.1. The van der Waals surface area contributed by atoms with Crippen LogP contribution in [0.1, 0.15) is 35.1 Å². The normalized spacial score (nSPS) is 15.9. The van der Waals surface area contributed by atoms with E-state index >= 15 is 0 Å². The highest BCUT2D eigenvalue weighted by molar-refractivity contribution is 6.01. The fourth-order valence-corrected chi connectivity index (χ4v) is 3.77. The highest BCUT2D eigenvalue weighted by Crippen LogP contribution is 2.24. The largest absolute Gasteiger partial charge is 0.337 e. The summed E-state index contributed by atoms with van der Waals surface area (Å²) in [6.07, 6.45) is 4.00. The number of benzene rings is 1. The van der Waals surface area contributed by atoms with E-state index in [4.69, 9.17) is 0 Å². The maximum absolute atomic E-state index is 13.8. The van der Waals surface area contributed by atoms with E-state index in [9.17, 15) is 18.8 Å². The summed E-state index contributed by atoms with van der Waals surface area (Å²) >= 11 is 0. The summed E-state index contributed by atoms with van der Waals surface area (Å²) in [5, 5.41) is 6.81. The van der Waals surface area contributed by atoms with Gasteiger partial charge in [-0.3, -0.25) is 14.4 Å². The number of aryl methyl sites for hydroxylation is 2. The molecule has 0 saturated heterocycles. The quantitative estimate of drug-likeness (QED) is 0.648. The summed E-state index contributed by atoms with van der Waals surface area (Å²) in [4.78, 5) is 43.2. The van der Waals surface area contributed by atoms with Gasteiger partial charge in [-0.15, -0.1) is 5.10 Å². The first-order valence-electron chi connectivity index (χ1n) is 10.3. The Bertz CT molecular complexity index is 1230. The molecule has 2 aromatic heterocycles. The molecule has 0 spiro atoms. The molecule has 0 saturated carbocycles. The number of nitrogens with zero attached hydrogens (tertiary/aromatic N) is 5. The van der Waals surface area contributed by atoms with Crippen LogP contribution in [0, 0.1) is 5.82 Å². The molecule has 3 aromatic rings. The molecule has 166 valence electrons. The Hall–Kier alpha value is -3.82. The maximum Gasteiger partial charge on any atom is 0.291 e. The van der Waals surface area contributed by atoms with Crippen molar-refractivity contribution in [1.82, 2.24) is 24.6 Å². The predicted octanol–water partition coefficient (Wildman–Crippen LogP) is 1.35. The van der Waals surface area contributed by atoms with Gasteiger partial charge in [0.05, 0.1) is 12.2 Å². The minimum atomic E-state index is -0.788. The van der Waals surface area contributed by atoms with Crippen LogP contribution in [0.5, 0.6) is 0 Å². The van der Waals surface area contributed by atoms with Gasteiger partial charge in [0.15, 0.2) is 0 Å². The van der Waals surface area contributed by atoms with Gasteiger partial charge in [0.25, 0.3) is 11.5 Å². The number of rotatable bonds is 5. The van der Waals surface area contributed by atoms with Gasteiger partial charge in [-0.25, -0.2) is 14.1 Å². The first kappa shape index (κ1) is 21.4. The van der Waals surface area contributed by atoms with Gasteiger partial charge in [0.2, 0.25) is 11.7 Å². The molecule has 0 bridgehead atoms. The summed E-state index contributed by atoms with van der Waals surface area (Å²) < 4.78 is 16.8. The number of pyridine rings is 1. The van der Waals surface area contributed by atoms with E-state index in [0.717, 1.165) is 5.56 Å². The Morgan fingerprint density at radius 1 is 1.28 bits per heavy atom. The second-order valence-electron chi connectivity index (χ2n) is 7.63. The van der Waals surface area contributed by atoms with Crippen molar-refractivity contribution in [2.75, 3.05) is 11.9 Å². The fourth-order valence-electron chi connectivity index (χ4n) is 3.77. The number of halogens is 1. The molecule has 0 aliphatic carbocycles. The molecule has 0 radical (unpaired) electrons. The van der Waals surface area contributed by atoms with E-state index in [1.807, 2.05) is 6.92 Å². The molecule has 0 unspecified atom stereocenters. The summed E-state index contributed by atoms with van der Waals surface area (Å²) in [5.74, 6) is -1.39. The third-order valence-electron chi connectivity index (χ3n) is 5.55. The van der Waals surface area contributed by atoms with Gasteiger partial charge >= 0.3 is 0 Å². The van der Waals surface area contributed by atoms with Crippen molar-refractivity contribution in [3.63, 3.8) is 0 Å². The Morgan fingerprint density at radius 3 is 2.81 bits per heavy atom. The third kappa shape index (κ3) is 4.16. The van der Waals surface area contributed by atoms with Crippen LogP contribution in [0.15, 0.2) is 47.7 Å². The van der Waals surface area contributed by atoms with Crippen molar-refractivity contribution < 1.29 is 14.0 Å². The standard InChI is InChI=1S/C22H23FN6O3/c1-3-28-11-15-8-9-17(22(32)27(2)18(15)10-19(28)30)25-21(31)20-24-13-29(26-20)12-14-6-4-5-7-16(14)23/h4-7,10-11,13,17H,3,8-9,12H2,1-2H3,(H,25,31)/t17-/m1/s1. The van der Waals surface area contributed by atoms with Gasteiger partial charge in [0, 0.05) is 31.4 Å². The molecule has 1 N–H and O–H groups in total. The number of hydrogen-bond acceptors (Lipinski definition) is 5. The van der Waals surface area contributed by atoms with Crippen molar-refractivity contribution in [2.45, 2.75) is 38.9 Å². The van der Waals surface area contributed by atoms with E-state index < -0.39 is 11.9 Å². The SMILES string of the molecule is CCn1cc2c(cc1=O)N(C)C(=O)[C@H](NC(=O)c1ncn(Cc3ccccc3F)n1)CC2. The van der Waals surface area contributed by atoms with Crippen molar-refractivity contribution in [1.29, 1.82) is 0 Å². The highest BCUT2D eigenvalue weighted by Gasteiger charge is 2.31. The molecule has 1 atom stereocenters. The number of anilines is 1. The summed E-state index contributed by atoms with van der Waals surface area (Å²) in [6, 6.07) is 6.95. The molecule has 1 aromatic carbocycles. The van der Waals surface area contributed by atoms with Crippen LogP contribution in [-0.4, -0.2) is 44.2 Å². The van der Waals surface area contributed by atoms with Gasteiger partial charge in [0.1, 0.15) is 18.2 Å². The van der Waals surface area contributed by atoms with Crippen LogP contribution >= 0.6 is 0 Å². The average Bonchev–Trinajstić information content (AvgIpc) is 3.22. The average molecular weight is 438 g/mol. The minimum absolute atomic E-state index is 0.107. The number of likely N-dealkylation sites (N-methyl/N-ethyl adjacent to an activating group) is 1. The number of aromatic nitrogens is 4. The molecular formula is C22H23FN6O3. The predicted molar refractivity (Wildman–Crippen MR) is 115 cm³/mol. The zero-order valence-electron chi connectivity index (χ0n) is 17.8. The van der Waals surface area contributed by atoms with Crippen LogP contribution in [0.25, 0.3) is 0 Å². The minimum Gasteiger partial charge on any atom is -0.337 e. The summed E-state index contributed by atoms with van der Waals surface area (Å²) in [7, 11) is 1.59. The van der Waals surface area contributed by atoms with Crippen LogP contribution < -0.4 is 15.8 Å². The van der Waals surface area contributed by atoms with Crippen LogP contribution in [-0.2, 0) is 24.3 Å². The van der Waals surface area contributed by atoms with Gasteiger partial charge in [-0.1, -0.05) is 18.2 Å². The van der Waals surface area contributed by atoms with Crippen LogP contribution in [0.3, 0.4) is 0 Å². The Labute approximate surface area is 183 Å². The van der Waals surface area contributed by atoms with Gasteiger partial charge < -0.3 is 14.8 Å². The topological polar surface area (TPSA) is 102 Å². The van der Waals surface area contributed by atoms with E-state index in [1.165, 1.54) is 28.0 Å². The van der Waals surface area contributed by atoms with E-state index in [1.54, 1.807) is 36.0 Å². The maximum atomic E-state index is 13.8. The van der Waals surface area contributed by atoms with Crippen LogP contribution in [0.2, 0.25) is 0 Å². The second kappa shape index (κ2) is 8.74. The molecule has 10 heteroatoms. The van der Waals surface area contributed by atoms with E-state index in [2.05, 4.69) is 15.4 Å². The zero-order chi connectivity index (χ0) is 22.8. The molecule has 4 rings (SSSR count). The molecule has 1 aliphatic heterocycles. The monoisotopic (exact) mass is 438 g/mol. The molecule has 32 heavy (non-hydrogen) atoms. The number of nitrogens with one attached hydrogen (secondary N) is 1. The Kier molecular flexibility index (Phi) is 5.85. The van der Waals surface area contributed by atoms with Crippen LogP contribution in [0.4, 0.5) is 10.1 Å². The number of amides is 2. The van der Waals surface area contributed by atoms with Crippen molar-refractivity contribution in [3.8, 4) is 0 Å². The first-order chi connectivity index (χ1) is 15.4. The Morgan fingerprint density at radius 2 is 2.06 bits per heavy atom. The van der Waals surface area contributed by atoms with Crippen molar-refractivity contribution >= 4 is 17.5 Å². The lowest BCUT2D eigenvalue weighted by Gasteiger charge is -2.21. The number of carbonyl (C=O) groups excluding carboxylic acids is 2. The van der Waals surface area contributed by atoms with Crippen molar-refractivity contribution in [3.05, 3.63) is 76.0 Å². The second-order valence-corrected chi connectivity index (χ2v) is 7.63. The third-order valence-corrected chi connectivity index (χ3v) is 5.55. The van der Waals surface area contributed by atoms with E-state index in [0.29, 0.717) is 30.6 Å². The Balaban J connectivity index is 1.48. The van der Waals surface area contributed by atoms with Crippen molar-refractivity contribution in [2.24, 2.45) is 0 Å². The summed E-state index contributed by atoms with van der Waals surface area (Å²) in [6.45, 7) is 2.54. The lowest BCUT2D eigenvalue weighted by Crippen LogP contribution is -2.47. The first-order valence-corrected chi connectivity index (χ1v) is 10.3. The molecule has 0 fully saturated rings. The van der Waals surface area contributed by atoms with Gasteiger partial charge in [-0.05, 0) is 31.4 Å². The molecule has 9 nitrogen and oxygen atoms in total. The molecular weight excluding hydrogens is 415 g/mol. The fraction of sp³-hybridized carbons (Fsp3) is 0.318. The number of fused-ring (bicyclic) bond motifs is 1. The zero-order valence-corrected chi connectivity index (χ0v) is 17.8.